The number of hydrogen-bond acceptors (Lipinski definition) is 5. The van der Waals surface area contributed by atoms with E-state index in [1.165, 1.54) is 29.5 Å². The van der Waals surface area contributed by atoms with Crippen molar-refractivity contribution in [3.05, 3.63) is 40.7 Å². The molecule has 122 valence electrons. The van der Waals surface area contributed by atoms with Gasteiger partial charge in [-0.2, -0.15) is 0 Å². The summed E-state index contributed by atoms with van der Waals surface area (Å²) in [6.07, 6.45) is 0. The molecule has 0 fully saturated rings. The molecule has 0 spiro atoms. The highest BCUT2D eigenvalue weighted by atomic mass is 32.1. The van der Waals surface area contributed by atoms with Crippen LogP contribution in [0.15, 0.2) is 24.3 Å². The third-order valence-corrected chi connectivity index (χ3v) is 3.86. The predicted molar refractivity (Wildman–Crippen MR) is 85.8 cm³/mol. The molecule has 23 heavy (non-hydrogen) atoms. The maximum Gasteiger partial charge on any atom is 0.254 e. The van der Waals surface area contributed by atoms with Crippen LogP contribution in [-0.4, -0.2) is 28.1 Å². The third kappa shape index (κ3) is 4.32. The summed E-state index contributed by atoms with van der Waals surface area (Å²) >= 11 is 1.24. The van der Waals surface area contributed by atoms with E-state index < -0.39 is 23.7 Å². The molecule has 2 N–H and O–H groups in total. The highest BCUT2D eigenvalue weighted by Gasteiger charge is 2.26. The lowest BCUT2D eigenvalue weighted by atomic mass is 10.0. The van der Waals surface area contributed by atoms with Crippen LogP contribution in [-0.2, 0) is 4.79 Å². The van der Waals surface area contributed by atoms with E-state index in [0.29, 0.717) is 5.13 Å². The number of anilines is 1. The van der Waals surface area contributed by atoms with Crippen LogP contribution >= 0.6 is 11.3 Å². The number of aryl methyl sites for hydroxylation is 1. The van der Waals surface area contributed by atoms with Crippen LogP contribution in [0.3, 0.4) is 0 Å². The molecule has 0 saturated carbocycles. The van der Waals surface area contributed by atoms with Gasteiger partial charge in [0, 0.05) is 0 Å². The first-order valence-corrected chi connectivity index (χ1v) is 7.86. The van der Waals surface area contributed by atoms with E-state index in [1.54, 1.807) is 26.8 Å². The zero-order valence-electron chi connectivity index (χ0n) is 13.0. The Morgan fingerprint density at radius 2 is 1.91 bits per heavy atom. The van der Waals surface area contributed by atoms with Crippen LogP contribution in [0.2, 0.25) is 0 Å². The van der Waals surface area contributed by atoms with Crippen molar-refractivity contribution in [2.45, 2.75) is 26.8 Å². The number of carbonyl (C=O) groups excluding carboxylic acids is 2. The Morgan fingerprint density at radius 3 is 2.48 bits per heavy atom. The maximum absolute atomic E-state index is 13.7. The molecule has 1 atom stereocenters. The van der Waals surface area contributed by atoms with Gasteiger partial charge in [0.25, 0.3) is 5.91 Å². The zero-order chi connectivity index (χ0) is 17.0. The molecule has 2 amide bonds. The van der Waals surface area contributed by atoms with Gasteiger partial charge in [0.1, 0.15) is 16.9 Å². The largest absolute Gasteiger partial charge is 0.340 e. The first-order chi connectivity index (χ1) is 10.9. The second-order valence-corrected chi connectivity index (χ2v) is 6.47. The summed E-state index contributed by atoms with van der Waals surface area (Å²) in [7, 11) is 0. The lowest BCUT2D eigenvalue weighted by molar-refractivity contribution is -0.118. The average Bonchev–Trinajstić information content (AvgIpc) is 2.89. The number of carbonyl (C=O) groups is 2. The van der Waals surface area contributed by atoms with Crippen molar-refractivity contribution in [2.75, 3.05) is 5.32 Å². The molecule has 2 rings (SSSR count). The minimum absolute atomic E-state index is 0.0993. The standard InChI is InChI=1S/C15H17FN4O2S/c1-8(2)12(14(22)18-15-20-19-9(3)23-15)17-13(21)10-6-4-5-7-11(10)16/h4-8,12H,1-3H3,(H,17,21)(H,18,20,22). The van der Waals surface area contributed by atoms with Crippen LogP contribution in [0.25, 0.3) is 0 Å². The number of nitrogens with zero attached hydrogens (tertiary/aromatic N) is 2. The Balaban J connectivity index is 2.10. The van der Waals surface area contributed by atoms with Crippen LogP contribution in [0, 0.1) is 18.7 Å². The molecular formula is C15H17FN4O2S. The van der Waals surface area contributed by atoms with Crippen LogP contribution in [0.1, 0.15) is 29.2 Å². The van der Waals surface area contributed by atoms with Crippen molar-refractivity contribution in [1.29, 1.82) is 0 Å². The van der Waals surface area contributed by atoms with Crippen molar-refractivity contribution in [3.63, 3.8) is 0 Å². The summed E-state index contributed by atoms with van der Waals surface area (Å²) in [4.78, 5) is 24.5. The Labute approximate surface area is 137 Å². The van der Waals surface area contributed by atoms with Gasteiger partial charge in [-0.25, -0.2) is 4.39 Å². The van der Waals surface area contributed by atoms with Crippen molar-refractivity contribution >= 4 is 28.3 Å². The zero-order valence-corrected chi connectivity index (χ0v) is 13.8. The van der Waals surface area contributed by atoms with Crippen molar-refractivity contribution < 1.29 is 14.0 Å². The normalized spacial score (nSPS) is 12.0. The van der Waals surface area contributed by atoms with Crippen molar-refractivity contribution in [2.24, 2.45) is 5.92 Å². The topological polar surface area (TPSA) is 84.0 Å². The average molecular weight is 336 g/mol. The van der Waals surface area contributed by atoms with E-state index in [9.17, 15) is 14.0 Å². The van der Waals surface area contributed by atoms with Crippen LogP contribution in [0.4, 0.5) is 9.52 Å². The molecule has 1 aromatic carbocycles. The van der Waals surface area contributed by atoms with Crippen molar-refractivity contribution in [3.8, 4) is 0 Å². The second kappa shape index (κ2) is 7.28. The Morgan fingerprint density at radius 1 is 1.22 bits per heavy atom. The molecule has 8 heteroatoms. The highest BCUT2D eigenvalue weighted by Crippen LogP contribution is 2.15. The van der Waals surface area contributed by atoms with E-state index in [-0.39, 0.29) is 11.5 Å². The van der Waals surface area contributed by atoms with Crippen LogP contribution in [0.5, 0.6) is 0 Å². The Bertz CT molecular complexity index is 717. The lowest BCUT2D eigenvalue weighted by Crippen LogP contribution is -2.47. The number of hydrogen-bond donors (Lipinski definition) is 2. The van der Waals surface area contributed by atoms with Gasteiger partial charge in [0.15, 0.2) is 0 Å². The summed E-state index contributed by atoms with van der Waals surface area (Å²) in [6.45, 7) is 5.35. The smallest absolute Gasteiger partial charge is 0.254 e. The number of halogens is 1. The molecule has 6 nitrogen and oxygen atoms in total. The predicted octanol–water partition coefficient (Wildman–Crippen LogP) is 2.38. The molecule has 1 heterocycles. The van der Waals surface area contributed by atoms with E-state index in [4.69, 9.17) is 0 Å². The van der Waals surface area contributed by atoms with Gasteiger partial charge in [0.2, 0.25) is 11.0 Å². The van der Waals surface area contributed by atoms with Crippen molar-refractivity contribution in [1.82, 2.24) is 15.5 Å². The molecule has 0 saturated heterocycles. The fourth-order valence-electron chi connectivity index (χ4n) is 1.93. The lowest BCUT2D eigenvalue weighted by Gasteiger charge is -2.21. The van der Waals surface area contributed by atoms with E-state index in [0.717, 1.165) is 5.01 Å². The van der Waals surface area contributed by atoms with Gasteiger partial charge in [-0.1, -0.05) is 37.3 Å². The van der Waals surface area contributed by atoms with E-state index in [1.807, 2.05) is 0 Å². The Hall–Kier alpha value is -2.35. The maximum atomic E-state index is 13.7. The molecule has 2 aromatic rings. The number of nitrogens with one attached hydrogen (secondary N) is 2. The first kappa shape index (κ1) is 17.0. The monoisotopic (exact) mass is 336 g/mol. The molecule has 0 aliphatic heterocycles. The molecule has 1 unspecified atom stereocenters. The first-order valence-electron chi connectivity index (χ1n) is 7.05. The quantitative estimate of drug-likeness (QED) is 0.878. The molecule has 0 radical (unpaired) electrons. The summed E-state index contributed by atoms with van der Waals surface area (Å²) < 4.78 is 13.7. The Kier molecular flexibility index (Phi) is 5.38. The molecular weight excluding hydrogens is 319 g/mol. The van der Waals surface area contributed by atoms with Gasteiger partial charge in [-0.15, -0.1) is 10.2 Å². The van der Waals surface area contributed by atoms with Gasteiger partial charge in [0.05, 0.1) is 5.56 Å². The van der Waals surface area contributed by atoms with E-state index in [2.05, 4.69) is 20.8 Å². The molecule has 0 aliphatic carbocycles. The molecule has 0 aliphatic rings. The summed E-state index contributed by atoms with van der Waals surface area (Å²) in [5.41, 5.74) is -0.0993. The van der Waals surface area contributed by atoms with Crippen LogP contribution < -0.4 is 10.6 Å². The van der Waals surface area contributed by atoms with E-state index >= 15 is 0 Å². The SMILES string of the molecule is Cc1nnc(NC(=O)C(NC(=O)c2ccccc2F)C(C)C)s1. The van der Waals surface area contributed by atoms with Gasteiger partial charge in [-0.05, 0) is 25.0 Å². The third-order valence-electron chi connectivity index (χ3n) is 3.11. The fraction of sp³-hybridized carbons (Fsp3) is 0.333. The van der Waals surface area contributed by atoms with Gasteiger partial charge in [-0.3, -0.25) is 14.9 Å². The number of benzene rings is 1. The van der Waals surface area contributed by atoms with Gasteiger partial charge >= 0.3 is 0 Å². The minimum atomic E-state index is -0.814. The minimum Gasteiger partial charge on any atom is -0.340 e. The highest BCUT2D eigenvalue weighted by molar-refractivity contribution is 7.15. The summed E-state index contributed by atoms with van der Waals surface area (Å²) in [5.74, 6) is -1.86. The van der Waals surface area contributed by atoms with Gasteiger partial charge < -0.3 is 5.32 Å². The number of amides is 2. The fourth-order valence-corrected chi connectivity index (χ4v) is 2.52. The second-order valence-electron chi connectivity index (χ2n) is 5.29. The molecule has 0 bridgehead atoms. The number of rotatable bonds is 5. The summed E-state index contributed by atoms with van der Waals surface area (Å²) in [6, 6.07) is 4.81. The molecule has 1 aromatic heterocycles. The summed E-state index contributed by atoms with van der Waals surface area (Å²) in [5, 5.41) is 13.9. The number of aromatic nitrogens is 2.